The van der Waals surface area contributed by atoms with Gasteiger partial charge >= 0.3 is 0 Å². The van der Waals surface area contributed by atoms with Crippen LogP contribution in [-0.4, -0.2) is 26.6 Å². The Morgan fingerprint density at radius 3 is 2.78 bits per heavy atom. The lowest BCUT2D eigenvalue weighted by molar-refractivity contribution is 0.402. The van der Waals surface area contributed by atoms with E-state index >= 15 is 0 Å². The van der Waals surface area contributed by atoms with E-state index in [1.54, 1.807) is 43.6 Å². The van der Waals surface area contributed by atoms with Crippen LogP contribution in [0.25, 0.3) is 0 Å². The van der Waals surface area contributed by atoms with E-state index in [-0.39, 0.29) is 10.9 Å². The smallest absolute Gasteiger partial charge is 0.263 e. The maximum atomic E-state index is 12.7. The van der Waals surface area contributed by atoms with E-state index in [0.29, 0.717) is 24.4 Å². The summed E-state index contributed by atoms with van der Waals surface area (Å²) in [6.07, 6.45) is 3.53. The van der Waals surface area contributed by atoms with Gasteiger partial charge in [-0.25, -0.2) is 13.4 Å². The van der Waals surface area contributed by atoms with Crippen LogP contribution in [0.5, 0.6) is 5.75 Å². The molecular formula is C16H19N3O3S. The molecule has 23 heavy (non-hydrogen) atoms. The topological polar surface area (TPSA) is 94.3 Å². The summed E-state index contributed by atoms with van der Waals surface area (Å²) in [5, 5.41) is 0. The summed E-state index contributed by atoms with van der Waals surface area (Å²) in [6, 6.07) is 8.37. The lowest BCUT2D eigenvalue weighted by atomic mass is 9.88. The van der Waals surface area contributed by atoms with E-state index in [2.05, 4.69) is 9.71 Å². The van der Waals surface area contributed by atoms with Gasteiger partial charge in [-0.2, -0.15) is 0 Å². The number of nitrogens with two attached hydrogens (primary N) is 1. The van der Waals surface area contributed by atoms with E-state index in [1.165, 1.54) is 0 Å². The summed E-state index contributed by atoms with van der Waals surface area (Å²) in [5.74, 6) is 0.983. The highest BCUT2D eigenvalue weighted by atomic mass is 32.2. The van der Waals surface area contributed by atoms with Crippen molar-refractivity contribution in [3.63, 3.8) is 0 Å². The molecule has 0 radical (unpaired) electrons. The lowest BCUT2D eigenvalue weighted by Crippen LogP contribution is -2.29. The summed E-state index contributed by atoms with van der Waals surface area (Å²) in [4.78, 5) is 4.28. The Hall–Kier alpha value is -2.12. The minimum Gasteiger partial charge on any atom is -0.496 e. The quantitative estimate of drug-likeness (QED) is 0.888. The zero-order valence-corrected chi connectivity index (χ0v) is 13.6. The number of ether oxygens (including phenoxy) is 1. The summed E-state index contributed by atoms with van der Waals surface area (Å²) < 4.78 is 33.3. The number of nitrogens with one attached hydrogen (secondary N) is 1. The van der Waals surface area contributed by atoms with Crippen molar-refractivity contribution in [3.8, 4) is 5.75 Å². The van der Waals surface area contributed by atoms with Gasteiger partial charge < -0.3 is 10.5 Å². The normalized spacial score (nSPS) is 17.4. The molecular weight excluding hydrogens is 314 g/mol. The van der Waals surface area contributed by atoms with Crippen LogP contribution in [0.15, 0.2) is 41.4 Å². The second-order valence-corrected chi connectivity index (χ2v) is 7.20. The average molecular weight is 333 g/mol. The Labute approximate surface area is 135 Å². The molecule has 0 bridgehead atoms. The van der Waals surface area contributed by atoms with Crippen LogP contribution in [0.4, 0.5) is 5.82 Å². The van der Waals surface area contributed by atoms with Crippen LogP contribution in [0.1, 0.15) is 17.5 Å². The van der Waals surface area contributed by atoms with E-state index < -0.39 is 10.0 Å². The molecule has 0 saturated heterocycles. The van der Waals surface area contributed by atoms with Gasteiger partial charge in [0.1, 0.15) is 11.6 Å². The molecule has 0 aliphatic heterocycles. The molecule has 1 aromatic carbocycles. The second-order valence-electron chi connectivity index (χ2n) is 5.55. The fraction of sp³-hybridized carbons (Fsp3) is 0.312. The Bertz CT molecular complexity index is 807. The van der Waals surface area contributed by atoms with Gasteiger partial charge in [-0.3, -0.25) is 4.72 Å². The number of anilines is 1. The fourth-order valence-electron chi connectivity index (χ4n) is 2.90. The predicted octanol–water partition coefficient (Wildman–Crippen LogP) is 1.71. The highest BCUT2D eigenvalue weighted by Gasteiger charge is 2.27. The summed E-state index contributed by atoms with van der Waals surface area (Å²) in [6.45, 7) is 0. The Balaban J connectivity index is 2.04. The number of hydrogen-bond acceptors (Lipinski definition) is 5. The number of rotatable bonds is 4. The number of nitrogens with zero attached hydrogens (tertiary/aromatic N) is 1. The third-order valence-corrected chi connectivity index (χ3v) is 5.43. The summed E-state index contributed by atoms with van der Waals surface area (Å²) in [5.41, 5.74) is 7.70. The maximum absolute atomic E-state index is 12.7. The molecule has 6 nitrogen and oxygen atoms in total. The van der Waals surface area contributed by atoms with Gasteiger partial charge in [-0.1, -0.05) is 6.07 Å². The number of pyridine rings is 1. The van der Waals surface area contributed by atoms with Crippen LogP contribution in [0.3, 0.4) is 0 Å². The van der Waals surface area contributed by atoms with Crippen molar-refractivity contribution in [1.82, 2.24) is 4.98 Å². The monoisotopic (exact) mass is 333 g/mol. The molecule has 1 aliphatic rings. The summed E-state index contributed by atoms with van der Waals surface area (Å²) in [7, 11) is -2.13. The Kier molecular flexibility index (Phi) is 4.23. The number of methoxy groups -OCH3 is 1. The molecule has 7 heteroatoms. The SMILES string of the molecule is COc1ccc(S(=O)(=O)Nc2ccccn2)c2c1C[C@@H](N)CC2. The van der Waals surface area contributed by atoms with Crippen LogP contribution in [-0.2, 0) is 22.9 Å². The van der Waals surface area contributed by atoms with Crippen molar-refractivity contribution in [2.45, 2.75) is 30.2 Å². The predicted molar refractivity (Wildman–Crippen MR) is 88.0 cm³/mol. The van der Waals surface area contributed by atoms with Crippen molar-refractivity contribution in [2.24, 2.45) is 5.73 Å². The Morgan fingerprint density at radius 1 is 1.26 bits per heavy atom. The van der Waals surface area contributed by atoms with E-state index in [0.717, 1.165) is 17.5 Å². The van der Waals surface area contributed by atoms with Crippen molar-refractivity contribution >= 4 is 15.8 Å². The number of aromatic nitrogens is 1. The van der Waals surface area contributed by atoms with Gasteiger partial charge in [0, 0.05) is 17.8 Å². The molecule has 1 aromatic heterocycles. The fourth-order valence-corrected chi connectivity index (χ4v) is 4.20. The first-order chi connectivity index (χ1) is 11.0. The molecule has 0 spiro atoms. The van der Waals surface area contributed by atoms with Crippen molar-refractivity contribution in [1.29, 1.82) is 0 Å². The van der Waals surface area contributed by atoms with Gasteiger partial charge in [0.15, 0.2) is 0 Å². The minimum absolute atomic E-state index is 0.0260. The second kappa shape index (κ2) is 6.17. The number of fused-ring (bicyclic) bond motifs is 1. The van der Waals surface area contributed by atoms with Gasteiger partial charge in [-0.15, -0.1) is 0 Å². The van der Waals surface area contributed by atoms with Crippen LogP contribution < -0.4 is 15.2 Å². The number of sulfonamides is 1. The molecule has 1 aliphatic carbocycles. The molecule has 0 amide bonds. The van der Waals surface area contributed by atoms with E-state index in [4.69, 9.17) is 10.5 Å². The molecule has 1 heterocycles. The number of benzene rings is 1. The molecule has 3 N–H and O–H groups in total. The van der Waals surface area contributed by atoms with Crippen LogP contribution in [0, 0.1) is 0 Å². The molecule has 122 valence electrons. The first-order valence-electron chi connectivity index (χ1n) is 7.39. The van der Waals surface area contributed by atoms with Crippen molar-refractivity contribution in [3.05, 3.63) is 47.7 Å². The van der Waals surface area contributed by atoms with Crippen LogP contribution >= 0.6 is 0 Å². The third-order valence-electron chi connectivity index (χ3n) is 3.99. The molecule has 3 rings (SSSR count). The maximum Gasteiger partial charge on any atom is 0.263 e. The van der Waals surface area contributed by atoms with Gasteiger partial charge in [0.2, 0.25) is 0 Å². The van der Waals surface area contributed by atoms with E-state index in [1.807, 2.05) is 0 Å². The third kappa shape index (κ3) is 3.16. The Morgan fingerprint density at radius 2 is 2.09 bits per heavy atom. The van der Waals surface area contributed by atoms with Crippen molar-refractivity contribution in [2.75, 3.05) is 11.8 Å². The van der Waals surface area contributed by atoms with E-state index in [9.17, 15) is 8.42 Å². The molecule has 0 fully saturated rings. The van der Waals surface area contributed by atoms with Crippen LogP contribution in [0.2, 0.25) is 0 Å². The van der Waals surface area contributed by atoms with Gasteiger partial charge in [-0.05, 0) is 49.1 Å². The molecule has 2 aromatic rings. The zero-order valence-electron chi connectivity index (χ0n) is 12.8. The summed E-state index contributed by atoms with van der Waals surface area (Å²) >= 11 is 0. The first kappa shape index (κ1) is 15.8. The number of hydrogen-bond donors (Lipinski definition) is 2. The lowest BCUT2D eigenvalue weighted by Gasteiger charge is -2.25. The standard InChI is InChI=1S/C16H19N3O3S/c1-22-14-7-8-15(12-6-5-11(17)10-13(12)14)23(20,21)19-16-4-2-3-9-18-16/h2-4,7-9,11H,5-6,10,17H2,1H3,(H,18,19)/t11-/m0/s1. The van der Waals surface area contributed by atoms with Crippen molar-refractivity contribution < 1.29 is 13.2 Å². The molecule has 0 saturated carbocycles. The highest BCUT2D eigenvalue weighted by Crippen LogP contribution is 2.34. The minimum atomic E-state index is -3.71. The highest BCUT2D eigenvalue weighted by molar-refractivity contribution is 7.92. The first-order valence-corrected chi connectivity index (χ1v) is 8.88. The largest absolute Gasteiger partial charge is 0.496 e. The average Bonchev–Trinajstić information content (AvgIpc) is 2.54. The van der Waals surface area contributed by atoms with Gasteiger partial charge in [0.05, 0.1) is 12.0 Å². The van der Waals surface area contributed by atoms with Gasteiger partial charge in [0.25, 0.3) is 10.0 Å². The molecule has 0 unspecified atom stereocenters. The molecule has 1 atom stereocenters. The zero-order chi connectivity index (χ0) is 16.4.